The zero-order valence-electron chi connectivity index (χ0n) is 16.6. The first-order chi connectivity index (χ1) is 14.3. The molecule has 2 fully saturated rings. The number of aromatic amines is 2. The van der Waals surface area contributed by atoms with Crippen LogP contribution in [0.1, 0.15) is 19.3 Å². The number of amides is 1. The van der Waals surface area contributed by atoms with Gasteiger partial charge in [0.15, 0.2) is 0 Å². The van der Waals surface area contributed by atoms with Crippen molar-refractivity contribution in [3.05, 3.63) is 38.9 Å². The Morgan fingerprint density at radius 2 is 1.50 bits per heavy atom. The molecule has 0 saturated carbocycles. The number of carbonyl (C=O) groups is 1. The first kappa shape index (κ1) is 20.8. The van der Waals surface area contributed by atoms with Gasteiger partial charge < -0.3 is 14.9 Å². The number of nitrogens with one attached hydrogen (secondary N) is 2. The zero-order valence-corrected chi connectivity index (χ0v) is 17.4. The molecule has 162 valence electrons. The van der Waals surface area contributed by atoms with Crippen LogP contribution in [0.4, 0.5) is 0 Å². The molecule has 2 saturated heterocycles. The highest BCUT2D eigenvalue weighted by atomic mass is 32.2. The van der Waals surface area contributed by atoms with Gasteiger partial charge in [-0.3, -0.25) is 19.3 Å². The Balaban J connectivity index is 1.43. The topological polar surface area (TPSA) is 127 Å². The summed E-state index contributed by atoms with van der Waals surface area (Å²) < 4.78 is 27.4. The molecule has 11 heteroatoms. The summed E-state index contributed by atoms with van der Waals surface area (Å²) in [6, 6.07) is 4.24. The van der Waals surface area contributed by atoms with Crippen molar-refractivity contribution in [1.82, 2.24) is 24.1 Å². The molecule has 2 aliphatic rings. The van der Waals surface area contributed by atoms with Gasteiger partial charge in [0.25, 0.3) is 0 Å². The van der Waals surface area contributed by atoms with Gasteiger partial charge in [-0.25, -0.2) is 8.42 Å². The van der Waals surface area contributed by atoms with Crippen molar-refractivity contribution in [2.75, 3.05) is 45.8 Å². The van der Waals surface area contributed by atoms with Crippen molar-refractivity contribution >= 4 is 27.0 Å². The van der Waals surface area contributed by atoms with Gasteiger partial charge in [0.2, 0.25) is 15.9 Å². The predicted octanol–water partition coefficient (Wildman–Crippen LogP) is -0.465. The lowest BCUT2D eigenvalue weighted by molar-refractivity contribution is -0.133. The third-order valence-electron chi connectivity index (χ3n) is 5.73. The van der Waals surface area contributed by atoms with Gasteiger partial charge in [-0.2, -0.15) is 4.31 Å². The molecule has 10 nitrogen and oxygen atoms in total. The number of fused-ring (bicyclic) bond motifs is 1. The number of hydrogen-bond acceptors (Lipinski definition) is 6. The van der Waals surface area contributed by atoms with Crippen molar-refractivity contribution in [3.8, 4) is 0 Å². The molecule has 2 aromatic rings. The molecule has 4 rings (SSSR count). The van der Waals surface area contributed by atoms with Gasteiger partial charge in [0.1, 0.15) is 0 Å². The minimum atomic E-state index is -3.75. The lowest BCUT2D eigenvalue weighted by Crippen LogP contribution is -2.51. The molecule has 2 N–H and O–H groups in total. The first-order valence-corrected chi connectivity index (χ1v) is 11.6. The Hall–Kier alpha value is -2.50. The molecule has 0 unspecified atom stereocenters. The van der Waals surface area contributed by atoms with Gasteiger partial charge in [-0.1, -0.05) is 0 Å². The normalized spacial score (nSPS) is 19.3. The van der Waals surface area contributed by atoms with E-state index in [1.165, 1.54) is 28.9 Å². The first-order valence-electron chi connectivity index (χ1n) is 10.1. The summed E-state index contributed by atoms with van der Waals surface area (Å²) in [7, 11) is -3.75. The number of nitrogens with zero attached hydrogens (tertiary/aromatic N) is 3. The van der Waals surface area contributed by atoms with E-state index in [1.54, 1.807) is 0 Å². The molecule has 0 bridgehead atoms. The van der Waals surface area contributed by atoms with Crippen molar-refractivity contribution in [2.45, 2.75) is 24.2 Å². The summed E-state index contributed by atoms with van der Waals surface area (Å²) in [5, 5.41) is 0. The number of piperazine rings is 1. The second-order valence-electron chi connectivity index (χ2n) is 7.74. The second kappa shape index (κ2) is 8.32. The fourth-order valence-electron chi connectivity index (χ4n) is 3.97. The van der Waals surface area contributed by atoms with Crippen LogP contribution in [-0.4, -0.2) is 84.2 Å². The van der Waals surface area contributed by atoms with Gasteiger partial charge >= 0.3 is 11.1 Å². The summed E-state index contributed by atoms with van der Waals surface area (Å²) in [5.74, 6) is 0.110. The molecular formula is C19H25N5O5S. The van der Waals surface area contributed by atoms with Crippen LogP contribution < -0.4 is 11.1 Å². The molecule has 2 aliphatic heterocycles. The Morgan fingerprint density at radius 3 is 2.17 bits per heavy atom. The van der Waals surface area contributed by atoms with Crippen LogP contribution in [0.15, 0.2) is 32.7 Å². The van der Waals surface area contributed by atoms with E-state index in [1.807, 2.05) is 9.80 Å². The summed E-state index contributed by atoms with van der Waals surface area (Å²) in [4.78, 5) is 44.1. The maximum atomic E-state index is 13.0. The predicted molar refractivity (Wildman–Crippen MR) is 111 cm³/mol. The molecule has 1 aromatic heterocycles. The van der Waals surface area contributed by atoms with Crippen molar-refractivity contribution in [3.63, 3.8) is 0 Å². The number of carbonyl (C=O) groups excluding carboxylic acids is 1. The molecule has 30 heavy (non-hydrogen) atoms. The molecule has 0 aliphatic carbocycles. The summed E-state index contributed by atoms with van der Waals surface area (Å²) in [6.45, 7) is 3.47. The smallest absolute Gasteiger partial charge is 0.314 e. The minimum absolute atomic E-state index is 0.0514. The lowest BCUT2D eigenvalue weighted by Gasteiger charge is -2.35. The number of aromatic nitrogens is 2. The van der Waals surface area contributed by atoms with Crippen molar-refractivity contribution < 1.29 is 13.2 Å². The third kappa shape index (κ3) is 4.18. The van der Waals surface area contributed by atoms with Gasteiger partial charge in [0.05, 0.1) is 22.5 Å². The number of piperidine rings is 1. The number of benzene rings is 1. The summed E-state index contributed by atoms with van der Waals surface area (Å²) >= 11 is 0. The Labute approximate surface area is 173 Å². The molecule has 0 atom stereocenters. The number of hydrogen-bond donors (Lipinski definition) is 2. The van der Waals surface area contributed by atoms with E-state index < -0.39 is 21.1 Å². The Kier molecular flexibility index (Phi) is 5.76. The largest absolute Gasteiger partial charge is 0.342 e. The van der Waals surface area contributed by atoms with Crippen molar-refractivity contribution in [1.29, 1.82) is 0 Å². The highest BCUT2D eigenvalue weighted by molar-refractivity contribution is 7.89. The quantitative estimate of drug-likeness (QED) is 0.626. The van der Waals surface area contributed by atoms with Crippen LogP contribution in [0.5, 0.6) is 0 Å². The maximum Gasteiger partial charge on any atom is 0.314 e. The average Bonchev–Trinajstić information content (AvgIpc) is 2.75. The fraction of sp³-hybridized carbons (Fsp3) is 0.526. The number of H-pyrrole nitrogens is 2. The third-order valence-corrected chi connectivity index (χ3v) is 7.62. The van der Waals surface area contributed by atoms with Crippen LogP contribution in [-0.2, 0) is 14.8 Å². The molecule has 0 radical (unpaired) electrons. The highest BCUT2D eigenvalue weighted by Gasteiger charge is 2.30. The van der Waals surface area contributed by atoms with Crippen LogP contribution in [0.25, 0.3) is 11.0 Å². The molecular weight excluding hydrogens is 410 g/mol. The Morgan fingerprint density at radius 1 is 0.867 bits per heavy atom. The second-order valence-corrected chi connectivity index (χ2v) is 9.68. The molecule has 0 spiro atoms. The van der Waals surface area contributed by atoms with E-state index in [2.05, 4.69) is 9.97 Å². The van der Waals surface area contributed by atoms with E-state index in [9.17, 15) is 22.8 Å². The van der Waals surface area contributed by atoms with E-state index >= 15 is 0 Å². The monoisotopic (exact) mass is 435 g/mol. The number of rotatable bonds is 4. The van der Waals surface area contributed by atoms with Crippen LogP contribution in [0, 0.1) is 0 Å². The summed E-state index contributed by atoms with van der Waals surface area (Å²) in [5.41, 5.74) is -0.997. The van der Waals surface area contributed by atoms with E-state index in [-0.39, 0.29) is 29.4 Å². The number of likely N-dealkylation sites (tertiary alicyclic amines) is 1. The van der Waals surface area contributed by atoms with Gasteiger partial charge in [-0.15, -0.1) is 0 Å². The molecule has 3 heterocycles. The lowest BCUT2D eigenvalue weighted by atomic mass is 10.1. The van der Waals surface area contributed by atoms with Crippen LogP contribution >= 0.6 is 0 Å². The van der Waals surface area contributed by atoms with Crippen LogP contribution in [0.3, 0.4) is 0 Å². The minimum Gasteiger partial charge on any atom is -0.342 e. The van der Waals surface area contributed by atoms with E-state index in [0.29, 0.717) is 25.2 Å². The van der Waals surface area contributed by atoms with Crippen molar-refractivity contribution in [2.24, 2.45) is 0 Å². The SMILES string of the molecule is O=C(CN1CCN(S(=O)(=O)c2ccc3[nH]c(=O)c(=O)[nH]c3c2)CC1)N1CCCCC1. The molecule has 1 amide bonds. The fourth-order valence-corrected chi connectivity index (χ4v) is 5.42. The standard InChI is InChI=1S/C19H25N5O5S/c25-17(23-6-2-1-3-7-23)13-22-8-10-24(11-9-22)30(28,29)14-4-5-15-16(12-14)21-19(27)18(26)20-15/h4-5,12H,1-3,6-11,13H2,(H,20,26)(H,21,27). The van der Waals surface area contributed by atoms with Crippen LogP contribution in [0.2, 0.25) is 0 Å². The summed E-state index contributed by atoms with van der Waals surface area (Å²) in [6.07, 6.45) is 3.25. The number of sulfonamides is 1. The maximum absolute atomic E-state index is 13.0. The van der Waals surface area contributed by atoms with Gasteiger partial charge in [-0.05, 0) is 37.5 Å². The average molecular weight is 436 g/mol. The van der Waals surface area contributed by atoms with Gasteiger partial charge in [0, 0.05) is 39.3 Å². The zero-order chi connectivity index (χ0) is 21.3. The van der Waals surface area contributed by atoms with E-state index in [4.69, 9.17) is 0 Å². The Bertz CT molecular complexity index is 1160. The van der Waals surface area contributed by atoms with E-state index in [0.717, 1.165) is 25.9 Å². The highest BCUT2D eigenvalue weighted by Crippen LogP contribution is 2.20. The molecule has 1 aromatic carbocycles.